The van der Waals surface area contributed by atoms with E-state index < -0.39 is 10.0 Å². The first-order valence-electron chi connectivity index (χ1n) is 13.4. The van der Waals surface area contributed by atoms with E-state index in [9.17, 15) is 8.42 Å². The zero-order valence-corrected chi connectivity index (χ0v) is 25.7. The number of pyridine rings is 1. The number of halogens is 1. The van der Waals surface area contributed by atoms with Crippen LogP contribution in [0.1, 0.15) is 68.0 Å². The number of nitrogens with zero attached hydrogens (tertiary/aromatic N) is 5. The summed E-state index contributed by atoms with van der Waals surface area (Å²) < 4.78 is 42.4. The summed E-state index contributed by atoms with van der Waals surface area (Å²) in [5.41, 5.74) is 3.33. The van der Waals surface area contributed by atoms with Crippen LogP contribution in [-0.4, -0.2) is 40.4 Å². The van der Waals surface area contributed by atoms with Gasteiger partial charge in [0.25, 0.3) is 15.9 Å². The Labute approximate surface area is 243 Å². The van der Waals surface area contributed by atoms with Crippen molar-refractivity contribution in [3.8, 4) is 11.3 Å². The van der Waals surface area contributed by atoms with Crippen molar-refractivity contribution >= 4 is 31.8 Å². The van der Waals surface area contributed by atoms with Gasteiger partial charge in [-0.15, -0.1) is 0 Å². The average molecular weight is 632 g/mol. The quantitative estimate of drug-likeness (QED) is 0.178. The molecule has 4 rings (SSSR count). The van der Waals surface area contributed by atoms with Gasteiger partial charge in [0.2, 0.25) is 0 Å². The smallest absolute Gasteiger partial charge is 0.266 e. The number of sulfonamides is 1. The predicted molar refractivity (Wildman–Crippen MR) is 156 cm³/mol. The van der Waals surface area contributed by atoms with Crippen LogP contribution < -0.4 is 4.72 Å². The molecule has 0 spiro atoms. The topological polar surface area (TPSA) is 125 Å². The Hall–Kier alpha value is -3.09. The zero-order chi connectivity index (χ0) is 28.7. The number of hydrogen-bond acceptors (Lipinski definition) is 8. The van der Waals surface area contributed by atoms with Gasteiger partial charge in [0.05, 0.1) is 24.5 Å². The second-order valence-electron chi connectivity index (χ2n) is 9.60. The summed E-state index contributed by atoms with van der Waals surface area (Å²) in [4.78, 5) is 9.29. The summed E-state index contributed by atoms with van der Waals surface area (Å²) in [6, 6.07) is 8.98. The fourth-order valence-electron chi connectivity index (χ4n) is 4.35. The molecule has 0 aliphatic heterocycles. The number of hydrogen-bond donors (Lipinski definition) is 1. The lowest BCUT2D eigenvalue weighted by molar-refractivity contribution is 0.185. The molecular formula is C28H35BrN6O4S. The summed E-state index contributed by atoms with van der Waals surface area (Å²) in [6.45, 7) is 6.87. The fraction of sp³-hybridized carbons (Fsp3) is 0.429. The number of aromatic nitrogens is 5. The molecule has 1 N–H and O–H groups in total. The molecule has 214 valence electrons. The lowest BCUT2D eigenvalue weighted by Crippen LogP contribution is -2.15. The molecule has 0 fully saturated rings. The number of benzene rings is 1. The molecule has 0 saturated carbocycles. The van der Waals surface area contributed by atoms with E-state index >= 15 is 0 Å². The molecule has 0 aliphatic carbocycles. The highest BCUT2D eigenvalue weighted by Crippen LogP contribution is 2.33. The number of anilines is 1. The van der Waals surface area contributed by atoms with Crippen LogP contribution in [-0.2, 0) is 40.8 Å². The molecule has 1 aromatic carbocycles. The van der Waals surface area contributed by atoms with Gasteiger partial charge >= 0.3 is 0 Å². The van der Waals surface area contributed by atoms with Gasteiger partial charge in [-0.25, -0.2) is 22.8 Å². The Morgan fingerprint density at radius 2 is 1.90 bits per heavy atom. The Morgan fingerprint density at radius 1 is 1.12 bits per heavy atom. The highest BCUT2D eigenvalue weighted by molar-refractivity contribution is 9.10. The molecule has 0 aliphatic rings. The molecule has 10 nitrogen and oxygen atoms in total. The van der Waals surface area contributed by atoms with Crippen LogP contribution in [0.4, 0.5) is 5.88 Å². The van der Waals surface area contributed by atoms with E-state index in [0.717, 1.165) is 61.3 Å². The minimum atomic E-state index is -4.05. The van der Waals surface area contributed by atoms with Gasteiger partial charge in [-0.1, -0.05) is 50.0 Å². The van der Waals surface area contributed by atoms with Crippen molar-refractivity contribution in [1.82, 2.24) is 24.9 Å². The molecule has 0 amide bonds. The van der Waals surface area contributed by atoms with Crippen LogP contribution >= 0.6 is 15.9 Å². The zero-order valence-electron chi connectivity index (χ0n) is 23.3. The van der Waals surface area contributed by atoms with Crippen LogP contribution in [0.2, 0.25) is 0 Å². The normalized spacial score (nSPS) is 11.7. The van der Waals surface area contributed by atoms with Gasteiger partial charge in [0, 0.05) is 31.7 Å². The average Bonchev–Trinajstić information content (AvgIpc) is 3.47. The van der Waals surface area contributed by atoms with Gasteiger partial charge in [0.15, 0.2) is 5.82 Å². The van der Waals surface area contributed by atoms with Crippen molar-refractivity contribution in [3.63, 3.8) is 0 Å². The first kappa shape index (κ1) is 29.9. The van der Waals surface area contributed by atoms with E-state index in [4.69, 9.17) is 19.3 Å². The van der Waals surface area contributed by atoms with Crippen molar-refractivity contribution in [2.24, 2.45) is 0 Å². The van der Waals surface area contributed by atoms with Crippen molar-refractivity contribution in [2.45, 2.75) is 77.3 Å². The molecule has 0 unspecified atom stereocenters. The summed E-state index contributed by atoms with van der Waals surface area (Å²) in [7, 11) is -2.44. The summed E-state index contributed by atoms with van der Waals surface area (Å²) in [5, 5.41) is 8.61. The highest BCUT2D eigenvalue weighted by Gasteiger charge is 2.25. The molecule has 40 heavy (non-hydrogen) atoms. The van der Waals surface area contributed by atoms with Gasteiger partial charge in [-0.2, -0.15) is 5.10 Å². The molecule has 0 bridgehead atoms. The van der Waals surface area contributed by atoms with Crippen molar-refractivity contribution in [2.75, 3.05) is 11.8 Å². The van der Waals surface area contributed by atoms with Gasteiger partial charge < -0.3 is 9.26 Å². The number of rotatable bonds is 14. The first-order valence-corrected chi connectivity index (χ1v) is 15.7. The maximum Gasteiger partial charge on any atom is 0.266 e. The van der Waals surface area contributed by atoms with Gasteiger partial charge in [-0.05, 0) is 59.0 Å². The summed E-state index contributed by atoms with van der Waals surface area (Å²) >= 11 is 3.31. The molecule has 0 radical (unpaired) electrons. The Balaban J connectivity index is 1.68. The predicted octanol–water partition coefficient (Wildman–Crippen LogP) is 6.08. The minimum absolute atomic E-state index is 0.00443. The van der Waals surface area contributed by atoms with E-state index in [1.54, 1.807) is 26.3 Å². The molecule has 0 atom stereocenters. The van der Waals surface area contributed by atoms with Crippen molar-refractivity contribution in [1.29, 1.82) is 0 Å². The Morgan fingerprint density at radius 3 is 2.60 bits per heavy atom. The molecule has 3 aromatic heterocycles. The lowest BCUT2D eigenvalue weighted by Gasteiger charge is -2.15. The maximum atomic E-state index is 13.4. The summed E-state index contributed by atoms with van der Waals surface area (Å²) in [5.74, 6) is 1.87. The first-order chi connectivity index (χ1) is 19.3. The van der Waals surface area contributed by atoms with Crippen molar-refractivity contribution in [3.05, 3.63) is 69.5 Å². The third kappa shape index (κ3) is 6.97. The molecule has 3 heterocycles. The van der Waals surface area contributed by atoms with Crippen LogP contribution in [0.25, 0.3) is 11.3 Å². The highest BCUT2D eigenvalue weighted by atomic mass is 79.9. The number of methoxy groups -OCH3 is 1. The van der Waals surface area contributed by atoms with E-state index in [0.29, 0.717) is 28.0 Å². The fourth-order valence-corrected chi connectivity index (χ4v) is 5.89. The van der Waals surface area contributed by atoms with Crippen LogP contribution in [0.15, 0.2) is 50.4 Å². The maximum absolute atomic E-state index is 13.4. The second-order valence-corrected chi connectivity index (χ2v) is 12.0. The number of aryl methyl sites for hydroxylation is 3. The largest absolute Gasteiger partial charge is 0.380 e. The van der Waals surface area contributed by atoms with Crippen LogP contribution in [0.5, 0.6) is 0 Å². The van der Waals surface area contributed by atoms with E-state index in [1.165, 1.54) is 6.07 Å². The second kappa shape index (κ2) is 13.5. The lowest BCUT2D eigenvalue weighted by atomic mass is 10.0. The minimum Gasteiger partial charge on any atom is -0.380 e. The third-order valence-corrected chi connectivity index (χ3v) is 8.73. The Bertz CT molecular complexity index is 1550. The van der Waals surface area contributed by atoms with Gasteiger partial charge in [0.1, 0.15) is 15.2 Å². The number of nitrogens with one attached hydrogen (secondary N) is 1. The molecule has 0 saturated heterocycles. The van der Waals surface area contributed by atoms with Crippen molar-refractivity contribution < 1.29 is 17.7 Å². The van der Waals surface area contributed by atoms with Crippen LogP contribution in [0.3, 0.4) is 0 Å². The number of unbranched alkanes of at least 4 members (excludes halogenated alkanes) is 2. The number of ether oxygens (including phenoxy) is 1. The SMILES string of the molecule is CCCCc1nc(CCCC)n(Cc2ccc(-c3ncccc3S(=O)(=O)Nc3onc(C)c3Br)c(COC)c2)n1. The Kier molecular flexibility index (Phi) is 10.1. The molecular weight excluding hydrogens is 596 g/mol. The van der Waals surface area contributed by atoms with Gasteiger partial charge in [-0.3, -0.25) is 4.98 Å². The van der Waals surface area contributed by atoms with E-state index in [2.05, 4.69) is 44.6 Å². The van der Waals surface area contributed by atoms with E-state index in [-0.39, 0.29) is 17.4 Å². The standard InChI is InChI=1S/C28H35BrN6O4S/c1-5-7-11-24-31-25(12-8-6-2)35(32-24)17-20-13-14-22(21(16-20)18-38-4)27-23(10-9-15-30-27)40(36,37)34-28-26(29)19(3)33-39-28/h9-10,13-16,34H,5-8,11-12,17-18H2,1-4H3. The third-order valence-electron chi connectivity index (χ3n) is 6.44. The molecule has 12 heteroatoms. The summed E-state index contributed by atoms with van der Waals surface area (Å²) in [6.07, 6.45) is 7.60. The van der Waals surface area contributed by atoms with Crippen LogP contribution in [0, 0.1) is 6.92 Å². The van der Waals surface area contributed by atoms with E-state index in [1.807, 2.05) is 22.9 Å². The monoisotopic (exact) mass is 630 g/mol. The molecule has 4 aromatic rings.